The Hall–Kier alpha value is -2.38. The summed E-state index contributed by atoms with van der Waals surface area (Å²) in [5, 5.41) is 3.15. The summed E-state index contributed by atoms with van der Waals surface area (Å²) in [4.78, 5) is 24.3. The molecule has 1 atom stereocenters. The van der Waals surface area contributed by atoms with Gasteiger partial charge in [0.2, 0.25) is 0 Å². The second kappa shape index (κ2) is 8.33. The third kappa shape index (κ3) is 5.06. The van der Waals surface area contributed by atoms with Crippen molar-refractivity contribution in [1.82, 2.24) is 5.32 Å². The van der Waals surface area contributed by atoms with Crippen LogP contribution in [0.3, 0.4) is 0 Å². The third-order valence-electron chi connectivity index (χ3n) is 3.73. The highest BCUT2D eigenvalue weighted by Crippen LogP contribution is 2.26. The van der Waals surface area contributed by atoms with Crippen molar-refractivity contribution in [2.45, 2.75) is 17.4 Å². The molecule has 0 radical (unpaired) electrons. The van der Waals surface area contributed by atoms with Crippen LogP contribution in [0.1, 0.15) is 28.4 Å². The first-order chi connectivity index (χ1) is 12.2. The number of carbonyl (C=O) groups excluding carboxylic acids is 2. The van der Waals surface area contributed by atoms with Gasteiger partial charge in [-0.15, -0.1) is 0 Å². The molecule has 0 saturated heterocycles. The van der Waals surface area contributed by atoms with Gasteiger partial charge in [0.05, 0.1) is 24.5 Å². The summed E-state index contributed by atoms with van der Waals surface area (Å²) in [5.41, 5.74) is 0.847. The zero-order valence-corrected chi connectivity index (χ0v) is 15.8. The van der Waals surface area contributed by atoms with Crippen LogP contribution >= 0.6 is 11.6 Å². The van der Waals surface area contributed by atoms with Crippen LogP contribution in [0.15, 0.2) is 53.4 Å². The molecule has 0 fully saturated rings. The quantitative estimate of drug-likeness (QED) is 0.759. The van der Waals surface area contributed by atoms with Crippen LogP contribution in [0.4, 0.5) is 0 Å². The van der Waals surface area contributed by atoms with Crippen molar-refractivity contribution >= 4 is 33.3 Å². The van der Waals surface area contributed by atoms with Gasteiger partial charge in [-0.05, 0) is 35.9 Å². The van der Waals surface area contributed by atoms with Crippen LogP contribution in [0.25, 0.3) is 0 Å². The Morgan fingerprint density at radius 3 is 2.27 bits per heavy atom. The van der Waals surface area contributed by atoms with E-state index in [0.717, 1.165) is 6.26 Å². The Morgan fingerprint density at radius 1 is 1.12 bits per heavy atom. The summed E-state index contributed by atoms with van der Waals surface area (Å²) in [7, 11) is -2.08. The Kier molecular flexibility index (Phi) is 6.39. The van der Waals surface area contributed by atoms with E-state index in [1.807, 2.05) is 0 Å². The maximum absolute atomic E-state index is 12.5. The molecule has 1 N–H and O–H groups in total. The molecule has 8 heteroatoms. The summed E-state index contributed by atoms with van der Waals surface area (Å²) in [6, 6.07) is 11.7. The predicted octanol–water partition coefficient (Wildman–Crippen LogP) is 2.78. The molecule has 0 aliphatic rings. The van der Waals surface area contributed by atoms with E-state index in [1.165, 1.54) is 31.4 Å². The van der Waals surface area contributed by atoms with Crippen LogP contribution < -0.4 is 5.32 Å². The van der Waals surface area contributed by atoms with Gasteiger partial charge in [0.15, 0.2) is 9.84 Å². The lowest BCUT2D eigenvalue weighted by atomic mass is 10.0. The lowest BCUT2D eigenvalue weighted by molar-refractivity contribution is -0.141. The third-order valence-corrected chi connectivity index (χ3v) is 5.20. The molecule has 0 saturated carbocycles. The van der Waals surface area contributed by atoms with Gasteiger partial charge in [-0.2, -0.15) is 0 Å². The van der Waals surface area contributed by atoms with Crippen LogP contribution in [0, 0.1) is 0 Å². The van der Waals surface area contributed by atoms with E-state index in [-0.39, 0.29) is 16.9 Å². The number of rotatable bonds is 6. The highest BCUT2D eigenvalue weighted by atomic mass is 35.5. The van der Waals surface area contributed by atoms with Gasteiger partial charge in [-0.25, -0.2) is 8.42 Å². The SMILES string of the molecule is COC(=O)CC(NC(=O)c1ccc(S(C)(=O)=O)cc1)c1ccccc1Cl. The smallest absolute Gasteiger partial charge is 0.307 e. The summed E-state index contributed by atoms with van der Waals surface area (Å²) >= 11 is 6.18. The van der Waals surface area contributed by atoms with Gasteiger partial charge in [0.1, 0.15) is 0 Å². The van der Waals surface area contributed by atoms with Gasteiger partial charge in [-0.3, -0.25) is 9.59 Å². The van der Waals surface area contributed by atoms with Gasteiger partial charge < -0.3 is 10.1 Å². The number of hydrogen-bond acceptors (Lipinski definition) is 5. The molecule has 138 valence electrons. The first kappa shape index (κ1) is 19.9. The van der Waals surface area contributed by atoms with Crippen LogP contribution in [0.2, 0.25) is 5.02 Å². The van der Waals surface area contributed by atoms with Gasteiger partial charge in [0, 0.05) is 16.8 Å². The number of benzene rings is 2. The van der Waals surface area contributed by atoms with E-state index < -0.39 is 27.8 Å². The van der Waals surface area contributed by atoms with Crippen molar-refractivity contribution in [3.63, 3.8) is 0 Å². The molecule has 2 aromatic rings. The summed E-state index contributed by atoms with van der Waals surface area (Å²) in [6.45, 7) is 0. The zero-order valence-electron chi connectivity index (χ0n) is 14.2. The normalized spacial score (nSPS) is 12.3. The summed E-state index contributed by atoms with van der Waals surface area (Å²) < 4.78 is 27.7. The topological polar surface area (TPSA) is 89.5 Å². The van der Waals surface area contributed by atoms with Crippen molar-refractivity contribution in [3.8, 4) is 0 Å². The molecule has 0 heterocycles. The van der Waals surface area contributed by atoms with Gasteiger partial charge >= 0.3 is 5.97 Å². The number of methoxy groups -OCH3 is 1. The number of halogens is 1. The summed E-state index contributed by atoms with van der Waals surface area (Å²) in [6.07, 6.45) is 0.999. The average Bonchev–Trinajstić information content (AvgIpc) is 2.60. The van der Waals surface area contributed by atoms with Crippen molar-refractivity contribution in [1.29, 1.82) is 0 Å². The lowest BCUT2D eigenvalue weighted by Gasteiger charge is -2.19. The van der Waals surface area contributed by atoms with E-state index >= 15 is 0 Å². The number of sulfone groups is 1. The van der Waals surface area contributed by atoms with Gasteiger partial charge in [0.25, 0.3) is 5.91 Å². The molecule has 1 unspecified atom stereocenters. The molecule has 2 aromatic carbocycles. The minimum Gasteiger partial charge on any atom is -0.469 e. The molecule has 1 amide bonds. The Balaban J connectivity index is 2.26. The first-order valence-electron chi connectivity index (χ1n) is 7.64. The van der Waals surface area contributed by atoms with Crippen molar-refractivity contribution in [2.75, 3.05) is 13.4 Å². The zero-order chi connectivity index (χ0) is 19.3. The highest BCUT2D eigenvalue weighted by molar-refractivity contribution is 7.90. The number of nitrogens with one attached hydrogen (secondary N) is 1. The second-order valence-electron chi connectivity index (χ2n) is 5.62. The Labute approximate surface area is 157 Å². The Bertz CT molecular complexity index is 909. The van der Waals surface area contributed by atoms with Crippen molar-refractivity contribution in [2.24, 2.45) is 0 Å². The molecule has 6 nitrogen and oxygen atoms in total. The van der Waals surface area contributed by atoms with Crippen LogP contribution in [-0.4, -0.2) is 33.7 Å². The van der Waals surface area contributed by atoms with E-state index in [0.29, 0.717) is 10.6 Å². The standard InChI is InChI=1S/C18H18ClNO5S/c1-25-17(21)11-16(14-5-3-4-6-15(14)19)20-18(22)12-7-9-13(10-8-12)26(2,23)24/h3-10,16H,11H2,1-2H3,(H,20,22). The number of amides is 1. The number of hydrogen-bond donors (Lipinski definition) is 1. The fourth-order valence-corrected chi connectivity index (χ4v) is 3.24. The minimum absolute atomic E-state index is 0.0899. The average molecular weight is 396 g/mol. The highest BCUT2D eigenvalue weighted by Gasteiger charge is 2.22. The van der Waals surface area contributed by atoms with E-state index in [4.69, 9.17) is 11.6 Å². The van der Waals surface area contributed by atoms with Crippen LogP contribution in [0.5, 0.6) is 0 Å². The summed E-state index contributed by atoms with van der Waals surface area (Å²) in [5.74, 6) is -0.957. The molecule has 0 bridgehead atoms. The van der Waals surface area contributed by atoms with Crippen molar-refractivity contribution in [3.05, 3.63) is 64.7 Å². The largest absolute Gasteiger partial charge is 0.469 e. The molecule has 0 aliphatic heterocycles. The van der Waals surface area contributed by atoms with E-state index in [2.05, 4.69) is 10.1 Å². The first-order valence-corrected chi connectivity index (χ1v) is 9.91. The van der Waals surface area contributed by atoms with E-state index in [1.54, 1.807) is 24.3 Å². The molecule has 0 aromatic heterocycles. The lowest BCUT2D eigenvalue weighted by Crippen LogP contribution is -2.30. The number of ether oxygens (including phenoxy) is 1. The van der Waals surface area contributed by atoms with Crippen LogP contribution in [-0.2, 0) is 19.4 Å². The molecular weight excluding hydrogens is 378 g/mol. The molecule has 0 spiro atoms. The molecule has 0 aliphatic carbocycles. The monoisotopic (exact) mass is 395 g/mol. The molecule has 26 heavy (non-hydrogen) atoms. The minimum atomic E-state index is -3.35. The van der Waals surface area contributed by atoms with E-state index in [9.17, 15) is 18.0 Å². The Morgan fingerprint density at radius 2 is 1.73 bits per heavy atom. The second-order valence-corrected chi connectivity index (χ2v) is 8.05. The van der Waals surface area contributed by atoms with Gasteiger partial charge in [-0.1, -0.05) is 29.8 Å². The fraction of sp³-hybridized carbons (Fsp3) is 0.222. The maximum atomic E-state index is 12.5. The molecular formula is C18H18ClNO5S. The number of esters is 1. The fourth-order valence-electron chi connectivity index (χ4n) is 2.34. The maximum Gasteiger partial charge on any atom is 0.307 e. The molecule has 2 rings (SSSR count). The number of carbonyl (C=O) groups is 2. The predicted molar refractivity (Wildman–Crippen MR) is 97.8 cm³/mol. The van der Waals surface area contributed by atoms with Crippen molar-refractivity contribution < 1.29 is 22.7 Å².